The van der Waals surface area contributed by atoms with Crippen molar-refractivity contribution in [2.45, 2.75) is 13.3 Å². The van der Waals surface area contributed by atoms with E-state index < -0.39 is 11.9 Å². The molecule has 0 spiro atoms. The summed E-state index contributed by atoms with van der Waals surface area (Å²) in [5.74, 6) is -0.594. The minimum Gasteiger partial charge on any atom is -0.504 e. The molecule has 6 heteroatoms. The number of carbonyl (C=O) groups excluding carboxylic acids is 2. The molecule has 0 bridgehead atoms. The van der Waals surface area contributed by atoms with E-state index in [0.29, 0.717) is 10.6 Å². The molecule has 112 valence electrons. The largest absolute Gasteiger partial charge is 0.504 e. The first-order valence-corrected chi connectivity index (χ1v) is 7.19. The topological polar surface area (TPSA) is 72.8 Å². The lowest BCUT2D eigenvalue weighted by atomic mass is 10.0. The van der Waals surface area contributed by atoms with Crippen LogP contribution in [0, 0.1) is 5.92 Å². The van der Waals surface area contributed by atoms with Gasteiger partial charge in [-0.3, -0.25) is 9.59 Å². The SMILES string of the molecule is COC(=O)[C@H](C)CC(=O)c1cc2cc(O)c(OC)cc2s1. The maximum atomic E-state index is 12.2. The summed E-state index contributed by atoms with van der Waals surface area (Å²) in [6, 6.07) is 4.96. The maximum absolute atomic E-state index is 12.2. The zero-order valence-corrected chi connectivity index (χ0v) is 12.8. The number of carbonyl (C=O) groups is 2. The number of hydrogen-bond acceptors (Lipinski definition) is 6. The number of aromatic hydroxyl groups is 1. The average Bonchev–Trinajstić information content (AvgIpc) is 2.87. The highest BCUT2D eigenvalue weighted by Crippen LogP contribution is 2.36. The van der Waals surface area contributed by atoms with Gasteiger partial charge in [0.1, 0.15) is 0 Å². The first-order chi connectivity index (χ1) is 9.96. The van der Waals surface area contributed by atoms with E-state index in [1.165, 1.54) is 25.6 Å². The minimum atomic E-state index is -0.476. The summed E-state index contributed by atoms with van der Waals surface area (Å²) < 4.78 is 10.5. The van der Waals surface area contributed by atoms with E-state index >= 15 is 0 Å². The lowest BCUT2D eigenvalue weighted by molar-refractivity contribution is -0.144. The number of Topliss-reactive ketones (excluding diaryl/α,β-unsaturated/α-hetero) is 1. The second kappa shape index (κ2) is 6.13. The van der Waals surface area contributed by atoms with Crippen molar-refractivity contribution in [3.8, 4) is 11.5 Å². The normalized spacial score (nSPS) is 12.1. The number of fused-ring (bicyclic) bond motifs is 1. The molecule has 0 aliphatic rings. The highest BCUT2D eigenvalue weighted by Gasteiger charge is 2.20. The number of phenolic OH excluding ortho intramolecular Hbond substituents is 1. The lowest BCUT2D eigenvalue weighted by Gasteiger charge is -2.06. The number of ether oxygens (including phenoxy) is 2. The second-order valence-electron chi connectivity index (χ2n) is 4.72. The molecule has 2 rings (SSSR count). The van der Waals surface area contributed by atoms with E-state index in [-0.39, 0.29) is 18.0 Å². The Morgan fingerprint density at radius 3 is 2.62 bits per heavy atom. The van der Waals surface area contributed by atoms with Crippen molar-refractivity contribution in [2.75, 3.05) is 14.2 Å². The molecule has 0 saturated carbocycles. The van der Waals surface area contributed by atoms with Crippen molar-refractivity contribution in [1.82, 2.24) is 0 Å². The van der Waals surface area contributed by atoms with Gasteiger partial charge in [0.2, 0.25) is 0 Å². The zero-order chi connectivity index (χ0) is 15.6. The fraction of sp³-hybridized carbons (Fsp3) is 0.333. The molecule has 0 saturated heterocycles. The Kier molecular flexibility index (Phi) is 4.47. The van der Waals surface area contributed by atoms with Crippen molar-refractivity contribution in [1.29, 1.82) is 0 Å². The van der Waals surface area contributed by atoms with Crippen LogP contribution in [0.5, 0.6) is 11.5 Å². The van der Waals surface area contributed by atoms with Gasteiger partial charge in [0.25, 0.3) is 0 Å². The van der Waals surface area contributed by atoms with Crippen LogP contribution in [-0.2, 0) is 9.53 Å². The molecule has 1 aromatic carbocycles. The molecule has 0 amide bonds. The number of phenols is 1. The predicted octanol–water partition coefficient (Wildman–Crippen LogP) is 3.00. The number of methoxy groups -OCH3 is 2. The number of thiophene rings is 1. The summed E-state index contributed by atoms with van der Waals surface area (Å²) in [5, 5.41) is 10.5. The van der Waals surface area contributed by atoms with Gasteiger partial charge in [-0.05, 0) is 17.5 Å². The van der Waals surface area contributed by atoms with E-state index in [2.05, 4.69) is 4.74 Å². The first-order valence-electron chi connectivity index (χ1n) is 6.37. The molecule has 21 heavy (non-hydrogen) atoms. The Morgan fingerprint density at radius 1 is 1.29 bits per heavy atom. The maximum Gasteiger partial charge on any atom is 0.308 e. The Labute approximate surface area is 126 Å². The zero-order valence-electron chi connectivity index (χ0n) is 12.0. The van der Waals surface area contributed by atoms with Gasteiger partial charge >= 0.3 is 5.97 Å². The Hall–Kier alpha value is -2.08. The van der Waals surface area contributed by atoms with E-state index in [1.807, 2.05) is 0 Å². The fourth-order valence-electron chi connectivity index (χ4n) is 2.02. The average molecular weight is 308 g/mol. The van der Waals surface area contributed by atoms with Crippen LogP contribution < -0.4 is 4.74 Å². The van der Waals surface area contributed by atoms with Crippen molar-refractivity contribution in [3.63, 3.8) is 0 Å². The summed E-state index contributed by atoms with van der Waals surface area (Å²) >= 11 is 1.31. The molecule has 1 aromatic heterocycles. The number of ketones is 1. The molecule has 5 nitrogen and oxygen atoms in total. The van der Waals surface area contributed by atoms with Gasteiger partial charge in [-0.15, -0.1) is 11.3 Å². The molecule has 1 N–H and O–H groups in total. The van der Waals surface area contributed by atoms with E-state index in [1.54, 1.807) is 25.1 Å². The van der Waals surface area contributed by atoms with Crippen molar-refractivity contribution in [3.05, 3.63) is 23.1 Å². The third-order valence-corrected chi connectivity index (χ3v) is 4.33. The van der Waals surface area contributed by atoms with Crippen molar-refractivity contribution >= 4 is 33.2 Å². The van der Waals surface area contributed by atoms with Crippen LogP contribution in [-0.4, -0.2) is 31.1 Å². The van der Waals surface area contributed by atoms with Crippen LogP contribution in [0.25, 0.3) is 10.1 Å². The second-order valence-corrected chi connectivity index (χ2v) is 5.81. The highest BCUT2D eigenvalue weighted by molar-refractivity contribution is 7.20. The van der Waals surface area contributed by atoms with E-state index in [0.717, 1.165) is 10.1 Å². The minimum absolute atomic E-state index is 0.0322. The smallest absolute Gasteiger partial charge is 0.308 e. The van der Waals surface area contributed by atoms with Gasteiger partial charge in [0.15, 0.2) is 17.3 Å². The summed E-state index contributed by atoms with van der Waals surface area (Å²) in [7, 11) is 2.77. The van der Waals surface area contributed by atoms with Crippen LogP contribution >= 0.6 is 11.3 Å². The number of rotatable bonds is 5. The van der Waals surface area contributed by atoms with Gasteiger partial charge in [-0.25, -0.2) is 0 Å². The molecule has 0 radical (unpaired) electrons. The summed E-state index contributed by atoms with van der Waals surface area (Å²) in [6.45, 7) is 1.66. The Bertz CT molecular complexity index is 689. The standard InChI is InChI=1S/C15H16O5S/c1-8(15(18)20-3)4-11(17)14-6-9-5-10(16)12(19-2)7-13(9)21-14/h5-8,16H,4H2,1-3H3/t8-/m1/s1. The summed E-state index contributed by atoms with van der Waals surface area (Å²) in [5.41, 5.74) is 0. The third kappa shape index (κ3) is 3.16. The third-order valence-electron chi connectivity index (χ3n) is 3.19. The molecule has 0 fully saturated rings. The van der Waals surface area contributed by atoms with Crippen LogP contribution in [0.15, 0.2) is 18.2 Å². The quantitative estimate of drug-likeness (QED) is 0.679. The molecular weight excluding hydrogens is 292 g/mol. The van der Waals surface area contributed by atoms with Crippen LogP contribution in [0.3, 0.4) is 0 Å². The van der Waals surface area contributed by atoms with Crippen molar-refractivity contribution in [2.24, 2.45) is 5.92 Å². The highest BCUT2D eigenvalue weighted by atomic mass is 32.1. The fourth-order valence-corrected chi connectivity index (χ4v) is 3.04. The summed E-state index contributed by atoms with van der Waals surface area (Å²) in [4.78, 5) is 24.1. The van der Waals surface area contributed by atoms with E-state index in [4.69, 9.17) is 4.74 Å². The monoisotopic (exact) mass is 308 g/mol. The molecule has 1 heterocycles. The summed E-state index contributed by atoms with van der Waals surface area (Å²) in [6.07, 6.45) is 0.0998. The van der Waals surface area contributed by atoms with E-state index in [9.17, 15) is 14.7 Å². The first kappa shape index (κ1) is 15.3. The van der Waals surface area contributed by atoms with Crippen LogP contribution in [0.4, 0.5) is 0 Å². The molecule has 0 unspecified atom stereocenters. The Balaban J connectivity index is 2.26. The predicted molar refractivity (Wildman–Crippen MR) is 80.2 cm³/mol. The molecule has 2 aromatic rings. The molecule has 0 aliphatic heterocycles. The van der Waals surface area contributed by atoms with Gasteiger partial charge in [-0.2, -0.15) is 0 Å². The number of hydrogen-bond donors (Lipinski definition) is 1. The Morgan fingerprint density at radius 2 is 2.00 bits per heavy atom. The molecular formula is C15H16O5S. The molecule has 1 atom stereocenters. The van der Waals surface area contributed by atoms with Gasteiger partial charge in [0, 0.05) is 17.2 Å². The van der Waals surface area contributed by atoms with Crippen LogP contribution in [0.2, 0.25) is 0 Å². The van der Waals surface area contributed by atoms with Crippen molar-refractivity contribution < 1.29 is 24.2 Å². The lowest BCUT2D eigenvalue weighted by Crippen LogP contribution is -2.16. The number of benzene rings is 1. The molecule has 0 aliphatic carbocycles. The van der Waals surface area contributed by atoms with Crippen LogP contribution in [0.1, 0.15) is 23.0 Å². The van der Waals surface area contributed by atoms with Gasteiger partial charge in [-0.1, -0.05) is 6.92 Å². The van der Waals surface area contributed by atoms with Gasteiger partial charge < -0.3 is 14.6 Å². The van der Waals surface area contributed by atoms with Gasteiger partial charge in [0.05, 0.1) is 25.0 Å². The number of esters is 1.